The van der Waals surface area contributed by atoms with Crippen LogP contribution in [0.15, 0.2) is 4.99 Å². The minimum Gasteiger partial charge on any atom is -0.299 e. The van der Waals surface area contributed by atoms with Gasteiger partial charge in [-0.15, -0.1) is 11.8 Å². The first-order chi connectivity index (χ1) is 6.41. The van der Waals surface area contributed by atoms with Gasteiger partial charge in [0.25, 0.3) is 0 Å². The molecule has 0 aromatic heterocycles. The maximum Gasteiger partial charge on any atom is 0.0880 e. The van der Waals surface area contributed by atoms with Crippen LogP contribution in [0.4, 0.5) is 0 Å². The minimum absolute atomic E-state index is 0.755. The van der Waals surface area contributed by atoms with Crippen molar-refractivity contribution in [3.63, 3.8) is 0 Å². The summed E-state index contributed by atoms with van der Waals surface area (Å²) in [5.41, 5.74) is 0. The lowest BCUT2D eigenvalue weighted by atomic mass is 10.2. The second-order valence-electron chi connectivity index (χ2n) is 2.80. The van der Waals surface area contributed by atoms with Crippen LogP contribution >= 0.6 is 0 Å². The molecular formula is C11H20N2. The Bertz CT molecular complexity index is 174. The van der Waals surface area contributed by atoms with Gasteiger partial charge in [0.15, 0.2) is 0 Å². The first-order valence-electron chi connectivity index (χ1n) is 5.00. The molecule has 0 heterocycles. The van der Waals surface area contributed by atoms with Crippen molar-refractivity contribution in [1.29, 1.82) is 0 Å². The minimum atomic E-state index is 0.755. The van der Waals surface area contributed by atoms with Gasteiger partial charge >= 0.3 is 0 Å². The molecule has 0 spiro atoms. The molecular weight excluding hydrogens is 160 g/mol. The Kier molecular flexibility index (Phi) is 10.5. The highest BCUT2D eigenvalue weighted by molar-refractivity contribution is 5.56. The van der Waals surface area contributed by atoms with Crippen LogP contribution in [0.2, 0.25) is 0 Å². The second-order valence-corrected chi connectivity index (χ2v) is 2.80. The highest BCUT2D eigenvalue weighted by Gasteiger charge is 1.83. The lowest BCUT2D eigenvalue weighted by Crippen LogP contribution is -2.11. The first kappa shape index (κ1) is 12.2. The number of rotatable bonds is 7. The molecule has 0 bridgehead atoms. The lowest BCUT2D eigenvalue weighted by Gasteiger charge is -1.93. The van der Waals surface area contributed by atoms with Gasteiger partial charge < -0.3 is 0 Å². The third-order valence-corrected chi connectivity index (χ3v) is 1.64. The van der Waals surface area contributed by atoms with Crippen LogP contribution in [-0.2, 0) is 0 Å². The van der Waals surface area contributed by atoms with Crippen LogP contribution in [0.25, 0.3) is 0 Å². The molecule has 1 N–H and O–H groups in total. The summed E-state index contributed by atoms with van der Waals surface area (Å²) >= 11 is 0. The van der Waals surface area contributed by atoms with Crippen molar-refractivity contribution in [2.24, 2.45) is 4.99 Å². The van der Waals surface area contributed by atoms with Crippen molar-refractivity contribution in [2.45, 2.75) is 39.5 Å². The van der Waals surface area contributed by atoms with Crippen LogP contribution in [0.5, 0.6) is 0 Å². The second kappa shape index (κ2) is 11.2. The van der Waals surface area contributed by atoms with Gasteiger partial charge in [0.1, 0.15) is 0 Å². The molecule has 0 aliphatic carbocycles. The lowest BCUT2D eigenvalue weighted by molar-refractivity contribution is 0.739. The zero-order valence-electron chi connectivity index (χ0n) is 8.77. The zero-order valence-corrected chi connectivity index (χ0v) is 8.77. The smallest absolute Gasteiger partial charge is 0.0880 e. The highest BCUT2D eigenvalue weighted by Crippen LogP contribution is 1.96. The maximum absolute atomic E-state index is 4.21. The van der Waals surface area contributed by atoms with Gasteiger partial charge in [0.05, 0.1) is 6.67 Å². The van der Waals surface area contributed by atoms with Gasteiger partial charge in [-0.25, -0.2) is 0 Å². The normalized spacial score (nSPS) is 10.0. The largest absolute Gasteiger partial charge is 0.299 e. The SMILES string of the molecule is CC#CCCCC/C=N/CNCC. The van der Waals surface area contributed by atoms with Crippen molar-refractivity contribution in [3.05, 3.63) is 0 Å². The van der Waals surface area contributed by atoms with E-state index in [4.69, 9.17) is 0 Å². The number of nitrogens with zero attached hydrogens (tertiary/aromatic N) is 1. The summed E-state index contributed by atoms with van der Waals surface area (Å²) in [7, 11) is 0. The monoisotopic (exact) mass is 180 g/mol. The Balaban J connectivity index is 3.04. The van der Waals surface area contributed by atoms with Gasteiger partial charge in [-0.3, -0.25) is 10.3 Å². The van der Waals surface area contributed by atoms with Crippen molar-refractivity contribution in [1.82, 2.24) is 5.32 Å². The predicted molar refractivity (Wildman–Crippen MR) is 59.0 cm³/mol. The van der Waals surface area contributed by atoms with E-state index in [-0.39, 0.29) is 0 Å². The summed E-state index contributed by atoms with van der Waals surface area (Å²) in [4.78, 5) is 4.21. The molecule has 0 aliphatic heterocycles. The fraction of sp³-hybridized carbons (Fsp3) is 0.727. The molecule has 2 nitrogen and oxygen atoms in total. The van der Waals surface area contributed by atoms with E-state index < -0.39 is 0 Å². The van der Waals surface area contributed by atoms with Crippen LogP contribution in [0.1, 0.15) is 39.5 Å². The van der Waals surface area contributed by atoms with E-state index in [0.29, 0.717) is 0 Å². The molecule has 0 aromatic carbocycles. The van der Waals surface area contributed by atoms with Crippen LogP contribution in [0.3, 0.4) is 0 Å². The predicted octanol–water partition coefficient (Wildman–Crippen LogP) is 2.21. The molecule has 0 aliphatic rings. The van der Waals surface area contributed by atoms with Crippen molar-refractivity contribution >= 4 is 6.21 Å². The molecule has 0 saturated carbocycles. The fourth-order valence-electron chi connectivity index (χ4n) is 0.906. The van der Waals surface area contributed by atoms with Crippen LogP contribution < -0.4 is 5.32 Å². The summed E-state index contributed by atoms with van der Waals surface area (Å²) in [5, 5.41) is 3.14. The summed E-state index contributed by atoms with van der Waals surface area (Å²) < 4.78 is 0. The average Bonchev–Trinajstić information content (AvgIpc) is 2.16. The Morgan fingerprint density at radius 2 is 2.23 bits per heavy atom. The van der Waals surface area contributed by atoms with Crippen molar-refractivity contribution in [3.8, 4) is 11.8 Å². The molecule has 0 rings (SSSR count). The Morgan fingerprint density at radius 3 is 2.92 bits per heavy atom. The fourth-order valence-corrected chi connectivity index (χ4v) is 0.906. The number of unbranched alkanes of at least 4 members (excludes halogenated alkanes) is 3. The number of hydrogen-bond acceptors (Lipinski definition) is 2. The average molecular weight is 180 g/mol. The van der Waals surface area contributed by atoms with Crippen molar-refractivity contribution < 1.29 is 0 Å². The highest BCUT2D eigenvalue weighted by atomic mass is 15.0. The molecule has 0 unspecified atom stereocenters. The topological polar surface area (TPSA) is 24.4 Å². The van der Waals surface area contributed by atoms with Gasteiger partial charge in [0, 0.05) is 12.6 Å². The van der Waals surface area contributed by atoms with Gasteiger partial charge in [-0.2, -0.15) is 0 Å². The quantitative estimate of drug-likeness (QED) is 0.362. The molecule has 0 saturated heterocycles. The summed E-state index contributed by atoms with van der Waals surface area (Å²) in [6, 6.07) is 0. The maximum atomic E-state index is 4.21. The van der Waals surface area contributed by atoms with Gasteiger partial charge in [-0.1, -0.05) is 6.92 Å². The molecule has 0 aromatic rings. The molecule has 0 fully saturated rings. The molecule has 0 amide bonds. The van der Waals surface area contributed by atoms with E-state index >= 15 is 0 Å². The van der Waals surface area contributed by atoms with E-state index in [1.165, 1.54) is 12.8 Å². The van der Waals surface area contributed by atoms with Gasteiger partial charge in [-0.05, 0) is 32.7 Å². The Morgan fingerprint density at radius 1 is 1.38 bits per heavy atom. The number of aliphatic imine (C=N–C) groups is 1. The first-order valence-corrected chi connectivity index (χ1v) is 5.00. The van der Waals surface area contributed by atoms with E-state index in [0.717, 1.165) is 26.1 Å². The number of nitrogens with one attached hydrogen (secondary N) is 1. The molecule has 0 radical (unpaired) electrons. The van der Waals surface area contributed by atoms with E-state index in [1.54, 1.807) is 0 Å². The molecule has 13 heavy (non-hydrogen) atoms. The standard InChI is InChI=1S/C11H20N2/c1-3-5-6-7-8-9-10-13-11-12-4-2/h10,12H,4,6-9,11H2,1-2H3/b13-10+. The molecule has 2 heteroatoms. The molecule has 0 atom stereocenters. The van der Waals surface area contributed by atoms with E-state index in [1.807, 2.05) is 13.1 Å². The van der Waals surface area contributed by atoms with Crippen LogP contribution in [0, 0.1) is 11.8 Å². The van der Waals surface area contributed by atoms with Crippen LogP contribution in [-0.4, -0.2) is 19.4 Å². The summed E-state index contributed by atoms with van der Waals surface area (Å²) in [5.74, 6) is 5.95. The summed E-state index contributed by atoms with van der Waals surface area (Å²) in [6.45, 7) is 5.71. The van der Waals surface area contributed by atoms with E-state index in [9.17, 15) is 0 Å². The Hall–Kier alpha value is -0.810. The van der Waals surface area contributed by atoms with Gasteiger partial charge in [0.2, 0.25) is 0 Å². The number of hydrogen-bond donors (Lipinski definition) is 1. The summed E-state index contributed by atoms with van der Waals surface area (Å²) in [6.07, 6.45) is 6.49. The third kappa shape index (κ3) is 11.2. The molecule has 74 valence electrons. The zero-order chi connectivity index (χ0) is 9.78. The Labute approximate surface area is 81.8 Å². The van der Waals surface area contributed by atoms with Crippen molar-refractivity contribution in [2.75, 3.05) is 13.2 Å². The van der Waals surface area contributed by atoms with E-state index in [2.05, 4.69) is 29.1 Å². The third-order valence-electron chi connectivity index (χ3n) is 1.64.